The lowest BCUT2D eigenvalue weighted by molar-refractivity contribution is 0.748. The molecule has 62 valence electrons. The third-order valence-electron chi connectivity index (χ3n) is 1.63. The van der Waals surface area contributed by atoms with Crippen molar-refractivity contribution in [2.75, 3.05) is 12.7 Å². The van der Waals surface area contributed by atoms with E-state index in [0.717, 1.165) is 0 Å². The molecule has 0 aromatic rings. The molecular formula is C7H21NSi2. The van der Waals surface area contributed by atoms with Crippen molar-refractivity contribution < 1.29 is 0 Å². The van der Waals surface area contributed by atoms with Crippen LogP contribution in [0.15, 0.2) is 0 Å². The molecular weight excluding hydrogens is 154 g/mol. The first kappa shape index (κ1) is 10.4. The summed E-state index contributed by atoms with van der Waals surface area (Å²) in [6.45, 7) is 5.87. The summed E-state index contributed by atoms with van der Waals surface area (Å²) >= 11 is 0. The van der Waals surface area contributed by atoms with Crippen LogP contribution in [0.2, 0.25) is 18.6 Å². The quantitative estimate of drug-likeness (QED) is 0.430. The largest absolute Gasteiger partial charge is 0.320 e. The minimum atomic E-state index is 0.304. The highest BCUT2D eigenvalue weighted by atomic mass is 28.2. The van der Waals surface area contributed by atoms with E-state index >= 15 is 0 Å². The van der Waals surface area contributed by atoms with Gasteiger partial charge in [0.05, 0.1) is 0 Å². The normalized spacial score (nSPS) is 12.6. The smallest absolute Gasteiger partial charge is 0.0362 e. The third kappa shape index (κ3) is 8.39. The minimum Gasteiger partial charge on any atom is -0.320 e. The fourth-order valence-corrected chi connectivity index (χ4v) is 5.14. The van der Waals surface area contributed by atoms with Gasteiger partial charge in [-0.25, -0.2) is 0 Å². The Hall–Kier alpha value is 0.394. The van der Waals surface area contributed by atoms with E-state index in [1.807, 2.05) is 0 Å². The van der Waals surface area contributed by atoms with E-state index in [1.54, 1.807) is 12.1 Å². The summed E-state index contributed by atoms with van der Waals surface area (Å²) in [5.74, 6) is 0. The summed E-state index contributed by atoms with van der Waals surface area (Å²) in [5.41, 5.74) is 0. The van der Waals surface area contributed by atoms with E-state index in [-0.39, 0.29) is 0 Å². The van der Waals surface area contributed by atoms with E-state index in [0.29, 0.717) is 19.0 Å². The molecule has 0 aromatic carbocycles. The lowest BCUT2D eigenvalue weighted by Crippen LogP contribution is -2.20. The Labute approximate surface area is 69.6 Å². The first-order valence-electron chi connectivity index (χ1n) is 4.62. The molecule has 0 radical (unpaired) electrons. The van der Waals surface area contributed by atoms with Crippen LogP contribution in [0.5, 0.6) is 0 Å². The zero-order valence-electron chi connectivity index (χ0n) is 7.45. The van der Waals surface area contributed by atoms with Crippen LogP contribution in [-0.4, -0.2) is 31.8 Å². The molecule has 0 aliphatic carbocycles. The topological polar surface area (TPSA) is 12.0 Å². The molecule has 0 unspecified atom stereocenters. The van der Waals surface area contributed by atoms with Crippen molar-refractivity contribution in [3.63, 3.8) is 0 Å². The van der Waals surface area contributed by atoms with Gasteiger partial charge in [-0.05, 0) is 19.1 Å². The van der Waals surface area contributed by atoms with Crippen molar-refractivity contribution in [1.29, 1.82) is 0 Å². The van der Waals surface area contributed by atoms with Gasteiger partial charge in [-0.3, -0.25) is 0 Å². The molecule has 0 fully saturated rings. The Kier molecular flexibility index (Phi) is 9.76. The Morgan fingerprint density at radius 1 is 1.30 bits per heavy atom. The summed E-state index contributed by atoms with van der Waals surface area (Å²) in [6.07, 6.45) is 2.67. The maximum atomic E-state index is 3.47. The van der Waals surface area contributed by atoms with Gasteiger partial charge in [0.2, 0.25) is 0 Å². The Bertz CT molecular complexity index is 51.6. The van der Waals surface area contributed by atoms with Crippen molar-refractivity contribution in [2.24, 2.45) is 0 Å². The summed E-state index contributed by atoms with van der Waals surface area (Å²) in [6, 6.07) is 3.19. The van der Waals surface area contributed by atoms with Gasteiger partial charge < -0.3 is 5.32 Å². The van der Waals surface area contributed by atoms with Crippen molar-refractivity contribution in [3.05, 3.63) is 0 Å². The SMILES string of the molecule is CCCNC[SiH2]CC[SiH2]C. The number of rotatable bonds is 7. The molecule has 0 saturated carbocycles. The Morgan fingerprint density at radius 2 is 2.10 bits per heavy atom. The molecule has 0 aliphatic heterocycles. The zero-order chi connectivity index (χ0) is 7.66. The number of hydrogen-bond acceptors (Lipinski definition) is 1. The van der Waals surface area contributed by atoms with E-state index in [1.165, 1.54) is 19.1 Å². The number of nitrogens with one attached hydrogen (secondary N) is 1. The maximum Gasteiger partial charge on any atom is 0.0362 e. The first-order valence-corrected chi connectivity index (χ1v) is 9.04. The van der Waals surface area contributed by atoms with Crippen LogP contribution >= 0.6 is 0 Å². The van der Waals surface area contributed by atoms with Crippen molar-refractivity contribution in [1.82, 2.24) is 5.32 Å². The van der Waals surface area contributed by atoms with Crippen LogP contribution in [0.4, 0.5) is 0 Å². The van der Waals surface area contributed by atoms with Gasteiger partial charge in [-0.1, -0.05) is 25.6 Å². The highest BCUT2D eigenvalue weighted by Crippen LogP contribution is 1.85. The zero-order valence-corrected chi connectivity index (χ0v) is 10.3. The molecule has 0 atom stereocenters. The number of hydrogen-bond donors (Lipinski definition) is 1. The van der Waals surface area contributed by atoms with Crippen LogP contribution in [0, 0.1) is 0 Å². The van der Waals surface area contributed by atoms with Gasteiger partial charge in [-0.2, -0.15) is 0 Å². The molecule has 0 bridgehead atoms. The maximum absolute atomic E-state index is 3.47. The third-order valence-corrected chi connectivity index (χ3v) is 5.55. The van der Waals surface area contributed by atoms with Gasteiger partial charge in [0.1, 0.15) is 0 Å². The summed E-state index contributed by atoms with van der Waals surface area (Å²) in [4.78, 5) is 0. The molecule has 3 heteroatoms. The average molecular weight is 175 g/mol. The molecule has 0 amide bonds. The molecule has 1 nitrogen and oxygen atoms in total. The van der Waals surface area contributed by atoms with Crippen molar-refractivity contribution in [3.8, 4) is 0 Å². The van der Waals surface area contributed by atoms with Gasteiger partial charge in [-0.15, -0.1) is 0 Å². The van der Waals surface area contributed by atoms with Gasteiger partial charge >= 0.3 is 0 Å². The highest BCUT2D eigenvalue weighted by Gasteiger charge is 1.87. The summed E-state index contributed by atoms with van der Waals surface area (Å²) < 4.78 is 0. The van der Waals surface area contributed by atoms with Gasteiger partial charge in [0, 0.05) is 19.0 Å². The van der Waals surface area contributed by atoms with Crippen LogP contribution in [0.3, 0.4) is 0 Å². The van der Waals surface area contributed by atoms with Crippen molar-refractivity contribution in [2.45, 2.75) is 32.0 Å². The first-order chi connectivity index (χ1) is 4.91. The average Bonchev–Trinajstić information content (AvgIpc) is 1.97. The molecule has 0 aromatic heterocycles. The van der Waals surface area contributed by atoms with Crippen molar-refractivity contribution >= 4 is 19.0 Å². The Balaban J connectivity index is 2.65. The standard InChI is InChI=1S/C7H21NSi2/c1-3-4-8-7-10-6-5-9-2/h8H,3-7,9-10H2,1-2H3. The second-order valence-electron chi connectivity index (χ2n) is 2.81. The molecule has 1 N–H and O–H groups in total. The van der Waals surface area contributed by atoms with E-state index in [2.05, 4.69) is 18.8 Å². The molecule has 0 heterocycles. The lowest BCUT2D eigenvalue weighted by Gasteiger charge is -1.99. The second kappa shape index (κ2) is 9.39. The van der Waals surface area contributed by atoms with Gasteiger partial charge in [0.25, 0.3) is 0 Å². The van der Waals surface area contributed by atoms with E-state index in [4.69, 9.17) is 0 Å². The van der Waals surface area contributed by atoms with E-state index in [9.17, 15) is 0 Å². The molecule has 0 aliphatic rings. The van der Waals surface area contributed by atoms with Crippen LogP contribution in [-0.2, 0) is 0 Å². The molecule has 0 spiro atoms. The fourth-order valence-electron chi connectivity index (χ4n) is 0.979. The predicted molar refractivity (Wildman–Crippen MR) is 55.7 cm³/mol. The van der Waals surface area contributed by atoms with Crippen LogP contribution in [0.25, 0.3) is 0 Å². The lowest BCUT2D eigenvalue weighted by atomic mass is 10.5. The minimum absolute atomic E-state index is 0.304. The van der Waals surface area contributed by atoms with Crippen LogP contribution < -0.4 is 5.32 Å². The summed E-state index contributed by atoms with van der Waals surface area (Å²) in [5, 5.41) is 3.47. The Morgan fingerprint density at radius 3 is 2.70 bits per heavy atom. The summed E-state index contributed by atoms with van der Waals surface area (Å²) in [7, 11) is 0.685. The van der Waals surface area contributed by atoms with E-state index < -0.39 is 0 Å². The van der Waals surface area contributed by atoms with Crippen LogP contribution in [0.1, 0.15) is 13.3 Å². The monoisotopic (exact) mass is 175 g/mol. The predicted octanol–water partition coefficient (Wildman–Crippen LogP) is 0.166. The molecule has 10 heavy (non-hydrogen) atoms. The molecule has 0 saturated heterocycles. The second-order valence-corrected chi connectivity index (χ2v) is 6.43. The molecule has 0 rings (SSSR count). The highest BCUT2D eigenvalue weighted by molar-refractivity contribution is 6.41. The fraction of sp³-hybridized carbons (Fsp3) is 1.00. The van der Waals surface area contributed by atoms with Gasteiger partial charge in [0.15, 0.2) is 0 Å².